The molecule has 2 aromatic heterocycles. The molecule has 0 fully saturated rings. The van der Waals surface area contributed by atoms with Gasteiger partial charge in [0.25, 0.3) is 0 Å². The number of fused-ring (bicyclic) bond motifs is 1. The van der Waals surface area contributed by atoms with Crippen molar-refractivity contribution in [1.82, 2.24) is 0 Å². The Morgan fingerprint density at radius 2 is 2.26 bits per heavy atom. The zero-order valence-corrected chi connectivity index (χ0v) is 15.0. The normalized spacial score (nSPS) is 11.1. The van der Waals surface area contributed by atoms with Crippen molar-refractivity contribution < 1.29 is 4.42 Å². The monoisotopic (exact) mass is 377 g/mol. The van der Waals surface area contributed by atoms with Crippen LogP contribution in [0.2, 0.25) is 0 Å². The van der Waals surface area contributed by atoms with Crippen LogP contribution in [-0.2, 0) is 0 Å². The van der Waals surface area contributed by atoms with Gasteiger partial charge in [-0.25, -0.2) is 0 Å². The van der Waals surface area contributed by atoms with E-state index in [2.05, 4.69) is 27.8 Å². The van der Waals surface area contributed by atoms with Crippen LogP contribution in [0.4, 0.5) is 5.88 Å². The predicted molar refractivity (Wildman–Crippen MR) is 93.5 cm³/mol. The van der Waals surface area contributed by atoms with Crippen molar-refractivity contribution in [2.24, 2.45) is 0 Å². The maximum Gasteiger partial charge on any atom is 0.197 e. The van der Waals surface area contributed by atoms with Crippen molar-refractivity contribution in [3.8, 4) is 0 Å². The molecule has 0 radical (unpaired) electrons. The number of halogens is 1. The summed E-state index contributed by atoms with van der Waals surface area (Å²) in [5, 5.41) is 2.02. The first-order chi connectivity index (χ1) is 9.13. The van der Waals surface area contributed by atoms with Gasteiger partial charge in [0.2, 0.25) is 0 Å². The van der Waals surface area contributed by atoms with E-state index in [1.165, 1.54) is 12.2 Å². The smallest absolute Gasteiger partial charge is 0.197 e. The van der Waals surface area contributed by atoms with E-state index in [1.807, 2.05) is 30.3 Å². The first-order valence-electron chi connectivity index (χ1n) is 6.13. The van der Waals surface area contributed by atoms with Gasteiger partial charge in [-0.3, -0.25) is 0 Å². The van der Waals surface area contributed by atoms with Crippen LogP contribution < -0.4 is 4.90 Å². The van der Waals surface area contributed by atoms with Crippen LogP contribution in [0, 0.1) is 4.51 Å². The first-order valence-corrected chi connectivity index (χ1v) is 9.36. The van der Waals surface area contributed by atoms with Crippen LogP contribution in [0.5, 0.6) is 0 Å². The van der Waals surface area contributed by atoms with E-state index in [0.29, 0.717) is 0 Å². The standard InChI is InChI=1S/C13H16BrNOS3/c1-3-5-18-6-4-15(2)11-7-10(17)13-12(16-11)9(14)8-19-13/h7-8H,3-6H2,1-2H3. The molecule has 0 aliphatic rings. The number of anilines is 1. The highest BCUT2D eigenvalue weighted by Crippen LogP contribution is 2.34. The summed E-state index contributed by atoms with van der Waals surface area (Å²) in [5.74, 6) is 3.16. The first kappa shape index (κ1) is 15.4. The highest BCUT2D eigenvalue weighted by molar-refractivity contribution is 9.10. The average molecular weight is 378 g/mol. The van der Waals surface area contributed by atoms with Gasteiger partial charge in [0.15, 0.2) is 11.5 Å². The van der Waals surface area contributed by atoms with Crippen LogP contribution in [0.3, 0.4) is 0 Å². The quantitative estimate of drug-likeness (QED) is 0.483. The summed E-state index contributed by atoms with van der Waals surface area (Å²) >= 11 is 12.5. The Kier molecular flexibility index (Phi) is 5.74. The molecule has 104 valence electrons. The lowest BCUT2D eigenvalue weighted by Gasteiger charge is -2.17. The molecule has 0 aliphatic carbocycles. The average Bonchev–Trinajstić information content (AvgIpc) is 2.77. The van der Waals surface area contributed by atoms with Gasteiger partial charge in [-0.05, 0) is 28.1 Å². The van der Waals surface area contributed by atoms with E-state index < -0.39 is 0 Å². The second kappa shape index (κ2) is 7.11. The Balaban J connectivity index is 2.15. The zero-order valence-electron chi connectivity index (χ0n) is 10.9. The van der Waals surface area contributed by atoms with Crippen molar-refractivity contribution in [3.05, 3.63) is 20.4 Å². The van der Waals surface area contributed by atoms with Gasteiger partial charge in [0, 0.05) is 30.8 Å². The molecule has 6 heteroatoms. The second-order valence-electron chi connectivity index (χ2n) is 4.22. The Morgan fingerprint density at radius 1 is 1.47 bits per heavy atom. The maximum atomic E-state index is 5.95. The van der Waals surface area contributed by atoms with Gasteiger partial charge < -0.3 is 9.32 Å². The molecule has 0 amide bonds. The minimum atomic E-state index is 0.841. The van der Waals surface area contributed by atoms with Gasteiger partial charge in [0.1, 0.15) is 0 Å². The molecule has 0 N–H and O–H groups in total. The molecule has 2 heterocycles. The van der Waals surface area contributed by atoms with E-state index in [0.717, 1.165) is 37.4 Å². The van der Waals surface area contributed by atoms with Gasteiger partial charge in [-0.1, -0.05) is 19.1 Å². The lowest BCUT2D eigenvalue weighted by molar-refractivity contribution is 0.590. The summed E-state index contributed by atoms with van der Waals surface area (Å²) in [7, 11) is 2.05. The van der Waals surface area contributed by atoms with Crippen LogP contribution in [0.15, 0.2) is 20.3 Å². The Hall–Kier alpha value is -0.0400. The van der Waals surface area contributed by atoms with E-state index in [4.69, 9.17) is 16.6 Å². The van der Waals surface area contributed by atoms with Gasteiger partial charge in [-0.2, -0.15) is 11.8 Å². The fourth-order valence-corrected chi connectivity index (χ4v) is 4.34. The summed E-state index contributed by atoms with van der Waals surface area (Å²) in [4.78, 5) is 2.13. The van der Waals surface area contributed by atoms with Crippen LogP contribution in [0.25, 0.3) is 10.3 Å². The molecule has 2 rings (SSSR count). The van der Waals surface area contributed by atoms with E-state index in [9.17, 15) is 0 Å². The molecule has 0 unspecified atom stereocenters. The molecule has 2 nitrogen and oxygen atoms in total. The molecule has 0 atom stereocenters. The number of nitrogens with zero attached hydrogens (tertiary/aromatic N) is 1. The predicted octanol–water partition coefficient (Wildman–Crippen LogP) is 5.57. The SMILES string of the molecule is CCCSCCN(C)c1cc(=S)c2scc(Br)c2o1. The third-order valence-electron chi connectivity index (χ3n) is 2.68. The van der Waals surface area contributed by atoms with Crippen molar-refractivity contribution in [1.29, 1.82) is 0 Å². The van der Waals surface area contributed by atoms with Crippen molar-refractivity contribution >= 4 is 67.4 Å². The third kappa shape index (κ3) is 3.74. The van der Waals surface area contributed by atoms with E-state index in [1.54, 1.807) is 11.3 Å². The Morgan fingerprint density at radius 3 is 3.00 bits per heavy atom. The molecule has 0 spiro atoms. The van der Waals surface area contributed by atoms with Gasteiger partial charge in [0.05, 0.1) is 13.7 Å². The summed E-state index contributed by atoms with van der Waals surface area (Å²) in [5.41, 5.74) is 0.862. The van der Waals surface area contributed by atoms with E-state index in [-0.39, 0.29) is 0 Å². The molecule has 0 aliphatic heterocycles. The van der Waals surface area contributed by atoms with Crippen LogP contribution in [0.1, 0.15) is 13.3 Å². The molecule has 19 heavy (non-hydrogen) atoms. The second-order valence-corrected chi connectivity index (χ2v) is 7.62. The largest absolute Gasteiger partial charge is 0.438 e. The molecular formula is C13H16BrNOS3. The highest BCUT2D eigenvalue weighted by Gasteiger charge is 2.10. The molecule has 0 saturated heterocycles. The summed E-state index contributed by atoms with van der Waals surface area (Å²) in [6.45, 7) is 3.17. The molecule has 0 saturated carbocycles. The molecule has 0 bridgehead atoms. The third-order valence-corrected chi connectivity index (χ3v) is 6.19. The number of thioether (sulfide) groups is 1. The van der Waals surface area contributed by atoms with Crippen LogP contribution >= 0.6 is 51.2 Å². The lowest BCUT2D eigenvalue weighted by atomic mass is 10.4. The van der Waals surface area contributed by atoms with Gasteiger partial charge >= 0.3 is 0 Å². The number of thiophene rings is 1. The highest BCUT2D eigenvalue weighted by atomic mass is 79.9. The fraction of sp³-hybridized carbons (Fsp3) is 0.462. The fourth-order valence-electron chi connectivity index (χ4n) is 1.65. The van der Waals surface area contributed by atoms with Gasteiger partial charge in [-0.15, -0.1) is 11.3 Å². The zero-order chi connectivity index (χ0) is 13.8. The number of rotatable bonds is 6. The molecule has 0 aromatic carbocycles. The van der Waals surface area contributed by atoms with E-state index >= 15 is 0 Å². The molecule has 2 aromatic rings. The minimum absolute atomic E-state index is 0.841. The number of hydrogen-bond donors (Lipinski definition) is 0. The maximum absolute atomic E-state index is 5.95. The molecular weight excluding hydrogens is 362 g/mol. The Labute approximate surface area is 135 Å². The van der Waals surface area contributed by atoms with Crippen molar-refractivity contribution in [2.45, 2.75) is 13.3 Å². The van der Waals surface area contributed by atoms with Crippen molar-refractivity contribution in [3.63, 3.8) is 0 Å². The topological polar surface area (TPSA) is 16.4 Å². The van der Waals surface area contributed by atoms with Crippen LogP contribution in [-0.4, -0.2) is 25.1 Å². The summed E-state index contributed by atoms with van der Waals surface area (Å²) in [6, 6.07) is 1.95. The Bertz CT molecular complexity index is 607. The lowest BCUT2D eigenvalue weighted by Crippen LogP contribution is -2.20. The minimum Gasteiger partial charge on any atom is -0.438 e. The van der Waals surface area contributed by atoms with Crippen molar-refractivity contribution in [2.75, 3.05) is 30.0 Å². The summed E-state index contributed by atoms with van der Waals surface area (Å²) in [6.07, 6.45) is 1.23. The number of hydrogen-bond acceptors (Lipinski definition) is 5. The summed E-state index contributed by atoms with van der Waals surface area (Å²) < 4.78 is 8.83.